The highest BCUT2D eigenvalue weighted by Crippen LogP contribution is 2.44. The first kappa shape index (κ1) is 24.2. The van der Waals surface area contributed by atoms with Gasteiger partial charge in [-0.1, -0.05) is 37.6 Å². The second-order valence-electron chi connectivity index (χ2n) is 8.00. The molecule has 1 atom stereocenters. The number of ether oxygens (including phenoxy) is 4. The summed E-state index contributed by atoms with van der Waals surface area (Å²) in [6, 6.07) is 11.7. The fourth-order valence-electron chi connectivity index (χ4n) is 3.53. The molecular weight excluding hydrogens is 448 g/mol. The minimum Gasteiger partial charge on any atom is -0.493 e. The first-order chi connectivity index (χ1) is 15.2. The number of esters is 1. The Hall–Kier alpha value is -2.44. The monoisotopic (exact) mass is 476 g/mol. The molecule has 32 heavy (non-hydrogen) atoms. The number of hydrogen-bond acceptors (Lipinski definition) is 6. The van der Waals surface area contributed by atoms with Gasteiger partial charge >= 0.3 is 5.97 Å². The van der Waals surface area contributed by atoms with Crippen molar-refractivity contribution < 1.29 is 23.7 Å². The van der Waals surface area contributed by atoms with E-state index in [9.17, 15) is 4.79 Å². The Balaban J connectivity index is 1.96. The number of halogens is 1. The summed E-state index contributed by atoms with van der Waals surface area (Å²) in [5.74, 6) is 1.67. The molecule has 0 aliphatic rings. The third-order valence-electron chi connectivity index (χ3n) is 5.27. The predicted molar refractivity (Wildman–Crippen MR) is 130 cm³/mol. The zero-order valence-electron chi connectivity index (χ0n) is 19.3. The molecule has 1 heterocycles. The Morgan fingerprint density at radius 3 is 2.38 bits per heavy atom. The van der Waals surface area contributed by atoms with Crippen molar-refractivity contribution in [3.63, 3.8) is 0 Å². The van der Waals surface area contributed by atoms with Crippen molar-refractivity contribution in [3.8, 4) is 17.2 Å². The van der Waals surface area contributed by atoms with E-state index < -0.39 is 11.6 Å². The fraction of sp³-hybridized carbons (Fsp3) is 0.400. The van der Waals surface area contributed by atoms with Crippen LogP contribution in [0.1, 0.15) is 44.1 Å². The van der Waals surface area contributed by atoms with Gasteiger partial charge in [0.05, 0.1) is 25.8 Å². The van der Waals surface area contributed by atoms with Gasteiger partial charge in [0.2, 0.25) is 5.60 Å². The third kappa shape index (κ3) is 4.97. The van der Waals surface area contributed by atoms with Crippen LogP contribution in [0.4, 0.5) is 0 Å². The van der Waals surface area contributed by atoms with Gasteiger partial charge in [0.25, 0.3) is 0 Å². The topological polar surface area (TPSA) is 54.0 Å². The lowest BCUT2D eigenvalue weighted by Gasteiger charge is -2.28. The average Bonchev–Trinajstić information content (AvgIpc) is 3.16. The van der Waals surface area contributed by atoms with E-state index in [-0.39, 0.29) is 6.61 Å². The van der Waals surface area contributed by atoms with E-state index in [2.05, 4.69) is 13.8 Å². The van der Waals surface area contributed by atoms with E-state index in [1.54, 1.807) is 28.1 Å². The third-order valence-corrected chi connectivity index (χ3v) is 6.72. The number of fused-ring (bicyclic) bond motifs is 1. The number of carbonyl (C=O) groups excluding carboxylic acids is 1. The molecule has 7 heteroatoms. The molecule has 0 N–H and O–H groups in total. The zero-order chi connectivity index (χ0) is 23.5. The Kier molecular flexibility index (Phi) is 7.57. The predicted octanol–water partition coefficient (Wildman–Crippen LogP) is 6.64. The van der Waals surface area contributed by atoms with Crippen LogP contribution in [0.15, 0.2) is 36.4 Å². The van der Waals surface area contributed by atoms with Gasteiger partial charge in [-0.25, -0.2) is 4.79 Å². The molecule has 0 aliphatic carbocycles. The highest BCUT2D eigenvalue weighted by atomic mass is 35.5. The number of benzene rings is 2. The van der Waals surface area contributed by atoms with Crippen molar-refractivity contribution in [1.82, 2.24) is 0 Å². The number of carbonyl (C=O) groups is 1. The number of methoxy groups -OCH3 is 2. The van der Waals surface area contributed by atoms with Crippen LogP contribution in [-0.4, -0.2) is 32.4 Å². The van der Waals surface area contributed by atoms with Crippen LogP contribution < -0.4 is 14.2 Å². The lowest BCUT2D eigenvalue weighted by molar-refractivity contribution is -0.160. The summed E-state index contributed by atoms with van der Waals surface area (Å²) in [6.45, 7) is 8.09. The molecular formula is C25H29ClO5S. The average molecular weight is 477 g/mol. The highest BCUT2D eigenvalue weighted by molar-refractivity contribution is 7.19. The van der Waals surface area contributed by atoms with Crippen LogP contribution in [0, 0.1) is 0 Å². The quantitative estimate of drug-likeness (QED) is 0.324. The molecule has 0 aliphatic heterocycles. The Morgan fingerprint density at radius 2 is 1.81 bits per heavy atom. The lowest BCUT2D eigenvalue weighted by Crippen LogP contribution is -2.44. The largest absolute Gasteiger partial charge is 0.493 e. The number of hydrogen-bond donors (Lipinski definition) is 0. The molecule has 172 valence electrons. The van der Waals surface area contributed by atoms with Crippen molar-refractivity contribution in [2.45, 2.75) is 45.6 Å². The summed E-state index contributed by atoms with van der Waals surface area (Å²) in [6.07, 6.45) is 0.331. The molecule has 5 nitrogen and oxygen atoms in total. The van der Waals surface area contributed by atoms with Crippen molar-refractivity contribution >= 4 is 39.0 Å². The van der Waals surface area contributed by atoms with E-state index >= 15 is 0 Å². The molecule has 0 radical (unpaired) electrons. The molecule has 1 unspecified atom stereocenters. The van der Waals surface area contributed by atoms with Crippen LogP contribution in [0.2, 0.25) is 5.02 Å². The summed E-state index contributed by atoms with van der Waals surface area (Å²) in [7, 11) is 3.13. The maximum Gasteiger partial charge on any atom is 0.350 e. The minimum atomic E-state index is -1.20. The first-order valence-corrected chi connectivity index (χ1v) is 11.7. The Morgan fingerprint density at radius 1 is 1.12 bits per heavy atom. The molecule has 3 rings (SSSR count). The second-order valence-corrected chi connectivity index (χ2v) is 9.55. The van der Waals surface area contributed by atoms with E-state index in [4.69, 9.17) is 30.5 Å². The van der Waals surface area contributed by atoms with Crippen LogP contribution in [0.5, 0.6) is 17.2 Å². The van der Waals surface area contributed by atoms with Crippen molar-refractivity contribution in [3.05, 3.63) is 51.9 Å². The van der Waals surface area contributed by atoms with Gasteiger partial charge in [0.1, 0.15) is 5.75 Å². The Labute approximate surface area is 198 Å². The van der Waals surface area contributed by atoms with Gasteiger partial charge < -0.3 is 18.9 Å². The van der Waals surface area contributed by atoms with Crippen LogP contribution in [-0.2, 0) is 16.0 Å². The molecule has 0 saturated heterocycles. The summed E-state index contributed by atoms with van der Waals surface area (Å²) in [4.78, 5) is 13.9. The summed E-state index contributed by atoms with van der Waals surface area (Å²) in [5.41, 5.74) is 0.00823. The van der Waals surface area contributed by atoms with E-state index in [1.165, 1.54) is 16.9 Å². The molecule has 0 fully saturated rings. The second kappa shape index (κ2) is 10.0. The summed E-state index contributed by atoms with van der Waals surface area (Å²) >= 11 is 8.10. The van der Waals surface area contributed by atoms with Crippen molar-refractivity contribution in [2.75, 3.05) is 20.8 Å². The van der Waals surface area contributed by atoms with E-state index in [0.717, 1.165) is 15.0 Å². The number of rotatable bonds is 9. The normalized spacial score (nSPS) is 13.1. The van der Waals surface area contributed by atoms with Gasteiger partial charge in [0.15, 0.2) is 11.5 Å². The first-order valence-electron chi connectivity index (χ1n) is 10.5. The van der Waals surface area contributed by atoms with E-state index in [0.29, 0.717) is 34.6 Å². The maximum absolute atomic E-state index is 12.9. The molecule has 0 bridgehead atoms. The minimum absolute atomic E-state index is 0.275. The van der Waals surface area contributed by atoms with E-state index in [1.807, 2.05) is 36.4 Å². The van der Waals surface area contributed by atoms with Crippen molar-refractivity contribution in [2.24, 2.45) is 0 Å². The smallest absolute Gasteiger partial charge is 0.350 e. The van der Waals surface area contributed by atoms with Crippen LogP contribution in [0.25, 0.3) is 10.1 Å². The van der Waals surface area contributed by atoms with Crippen molar-refractivity contribution in [1.29, 1.82) is 0 Å². The van der Waals surface area contributed by atoms with Gasteiger partial charge in [-0.05, 0) is 43.5 Å². The maximum atomic E-state index is 12.9. The summed E-state index contributed by atoms with van der Waals surface area (Å²) < 4.78 is 23.3. The Bertz CT molecular complexity index is 1090. The fourth-order valence-corrected chi connectivity index (χ4v) is 5.15. The van der Waals surface area contributed by atoms with Crippen LogP contribution >= 0.6 is 22.9 Å². The van der Waals surface area contributed by atoms with Gasteiger partial charge in [-0.3, -0.25) is 0 Å². The number of thiophene rings is 1. The highest BCUT2D eigenvalue weighted by Gasteiger charge is 2.38. The summed E-state index contributed by atoms with van der Waals surface area (Å²) in [5, 5.41) is 1.32. The lowest BCUT2D eigenvalue weighted by atomic mass is 10.00. The molecule has 2 aromatic carbocycles. The van der Waals surface area contributed by atoms with Gasteiger partial charge in [-0.2, -0.15) is 0 Å². The van der Waals surface area contributed by atoms with Gasteiger partial charge in [-0.15, -0.1) is 11.3 Å². The molecule has 0 saturated carbocycles. The molecule has 0 spiro atoms. The standard InChI is InChI=1S/C25H29ClO5S/c1-7-30-24(27)25(4,31-17-10-8-16(9-11-17)15(2)3)14-18-12-19-21(32-18)13-20(28-5)23(29-6)22(19)26/h8-13,15H,7,14H2,1-6H3. The SMILES string of the molecule is CCOC(=O)C(C)(Cc1cc2c(Cl)c(OC)c(OC)cc2s1)Oc1ccc(C(C)C)cc1. The molecule has 1 aromatic heterocycles. The van der Waals surface area contributed by atoms with Crippen LogP contribution in [0.3, 0.4) is 0 Å². The molecule has 3 aromatic rings. The van der Waals surface area contributed by atoms with Gasteiger partial charge in [0, 0.05) is 27.5 Å². The molecule has 0 amide bonds. The zero-order valence-corrected chi connectivity index (χ0v) is 20.9.